The Balaban J connectivity index is 1.94. The molecule has 0 heterocycles. The first-order valence-corrected chi connectivity index (χ1v) is 6.97. The summed E-state index contributed by atoms with van der Waals surface area (Å²) in [4.78, 5) is 12.1. The van der Waals surface area contributed by atoms with Gasteiger partial charge in [0.25, 0.3) is 0 Å². The number of ketones is 1. The molecular formula is C18H21NO. The average Bonchev–Trinajstić information content (AvgIpc) is 2.42. The molecule has 2 nitrogen and oxygen atoms in total. The van der Waals surface area contributed by atoms with Crippen LogP contribution in [0.15, 0.2) is 42.5 Å². The zero-order valence-corrected chi connectivity index (χ0v) is 12.1. The molecule has 0 aliphatic rings. The molecule has 20 heavy (non-hydrogen) atoms. The molecule has 0 atom stereocenters. The van der Waals surface area contributed by atoms with Crippen LogP contribution in [0.3, 0.4) is 0 Å². The van der Waals surface area contributed by atoms with E-state index in [1.807, 2.05) is 30.3 Å². The molecule has 0 bridgehead atoms. The Hall–Kier alpha value is -2.09. The van der Waals surface area contributed by atoms with E-state index in [9.17, 15) is 4.79 Å². The van der Waals surface area contributed by atoms with Gasteiger partial charge in [-0.3, -0.25) is 4.79 Å². The molecule has 104 valence electrons. The summed E-state index contributed by atoms with van der Waals surface area (Å²) in [7, 11) is 0. The number of Topliss-reactive ketones (excluding diaryl/α,β-unsaturated/α-hetero) is 1. The normalized spacial score (nSPS) is 10.5. The van der Waals surface area contributed by atoms with Gasteiger partial charge in [-0.15, -0.1) is 0 Å². The lowest BCUT2D eigenvalue weighted by Gasteiger charge is -2.09. The fourth-order valence-electron chi connectivity index (χ4n) is 2.38. The van der Waals surface area contributed by atoms with Crippen molar-refractivity contribution in [2.75, 3.05) is 5.73 Å². The standard InChI is InChI=1S/C18H21NO/c1-13-4-3-5-14(2)18(13)12-17(20)11-8-15-6-9-16(19)10-7-15/h3-7,9-10H,8,11-12,19H2,1-2H3. The molecule has 0 aliphatic heterocycles. The molecule has 0 saturated carbocycles. The van der Waals surface area contributed by atoms with Crippen LogP contribution in [-0.2, 0) is 17.6 Å². The molecule has 0 unspecified atom stereocenters. The van der Waals surface area contributed by atoms with E-state index in [-0.39, 0.29) is 0 Å². The first kappa shape index (κ1) is 14.3. The number of carbonyl (C=O) groups excluding carboxylic acids is 1. The van der Waals surface area contributed by atoms with Crippen molar-refractivity contribution in [3.05, 3.63) is 64.7 Å². The summed E-state index contributed by atoms with van der Waals surface area (Å²) < 4.78 is 0. The third-order valence-electron chi connectivity index (χ3n) is 3.69. The van der Waals surface area contributed by atoms with Gasteiger partial charge in [-0.25, -0.2) is 0 Å². The van der Waals surface area contributed by atoms with Gasteiger partial charge in [-0.1, -0.05) is 30.3 Å². The molecule has 0 aromatic heterocycles. The van der Waals surface area contributed by atoms with Gasteiger partial charge in [-0.2, -0.15) is 0 Å². The highest BCUT2D eigenvalue weighted by Crippen LogP contribution is 2.15. The minimum atomic E-state index is 0.291. The Morgan fingerprint density at radius 2 is 1.60 bits per heavy atom. The van der Waals surface area contributed by atoms with Crippen molar-refractivity contribution in [1.29, 1.82) is 0 Å². The highest BCUT2D eigenvalue weighted by Gasteiger charge is 2.08. The number of nitrogens with two attached hydrogens (primary N) is 1. The van der Waals surface area contributed by atoms with Crippen LogP contribution in [0.2, 0.25) is 0 Å². The monoisotopic (exact) mass is 267 g/mol. The van der Waals surface area contributed by atoms with E-state index in [1.54, 1.807) is 0 Å². The first-order valence-electron chi connectivity index (χ1n) is 6.97. The summed E-state index contributed by atoms with van der Waals surface area (Å²) in [6, 6.07) is 13.9. The fraction of sp³-hybridized carbons (Fsp3) is 0.278. The SMILES string of the molecule is Cc1cccc(C)c1CC(=O)CCc1ccc(N)cc1. The summed E-state index contributed by atoms with van der Waals surface area (Å²) in [6.07, 6.45) is 1.90. The number of rotatable bonds is 5. The second-order valence-corrected chi connectivity index (χ2v) is 5.33. The molecule has 2 heteroatoms. The number of anilines is 1. The molecule has 0 aliphatic carbocycles. The Morgan fingerprint density at radius 1 is 1.00 bits per heavy atom. The molecule has 0 radical (unpaired) electrons. The van der Waals surface area contributed by atoms with Gasteiger partial charge in [0, 0.05) is 18.5 Å². The molecule has 2 aromatic carbocycles. The fourth-order valence-corrected chi connectivity index (χ4v) is 2.38. The van der Waals surface area contributed by atoms with Crippen molar-refractivity contribution >= 4 is 11.5 Å². The van der Waals surface area contributed by atoms with Crippen molar-refractivity contribution < 1.29 is 4.79 Å². The largest absolute Gasteiger partial charge is 0.399 e. The van der Waals surface area contributed by atoms with Crippen LogP contribution in [0.5, 0.6) is 0 Å². The second kappa shape index (κ2) is 6.38. The Kier molecular flexibility index (Phi) is 4.57. The van der Waals surface area contributed by atoms with Crippen LogP contribution in [-0.4, -0.2) is 5.78 Å². The van der Waals surface area contributed by atoms with Crippen LogP contribution in [0.25, 0.3) is 0 Å². The lowest BCUT2D eigenvalue weighted by atomic mass is 9.96. The van der Waals surface area contributed by atoms with Crippen molar-refractivity contribution in [2.45, 2.75) is 33.1 Å². The zero-order chi connectivity index (χ0) is 14.5. The number of nitrogen functional groups attached to an aromatic ring is 1. The maximum atomic E-state index is 12.1. The van der Waals surface area contributed by atoms with E-state index in [2.05, 4.69) is 26.0 Å². The minimum absolute atomic E-state index is 0.291. The highest BCUT2D eigenvalue weighted by atomic mass is 16.1. The van der Waals surface area contributed by atoms with Crippen molar-refractivity contribution in [1.82, 2.24) is 0 Å². The van der Waals surface area contributed by atoms with Crippen molar-refractivity contribution in [2.24, 2.45) is 0 Å². The Morgan fingerprint density at radius 3 is 2.20 bits per heavy atom. The predicted molar refractivity (Wildman–Crippen MR) is 83.8 cm³/mol. The van der Waals surface area contributed by atoms with Gasteiger partial charge in [-0.05, 0) is 54.7 Å². The molecule has 0 amide bonds. The molecular weight excluding hydrogens is 246 g/mol. The quantitative estimate of drug-likeness (QED) is 0.841. The predicted octanol–water partition coefficient (Wildman–Crippen LogP) is 3.63. The van der Waals surface area contributed by atoms with Gasteiger partial charge in [0.15, 0.2) is 0 Å². The number of hydrogen-bond donors (Lipinski definition) is 1. The summed E-state index contributed by atoms with van der Waals surface area (Å²) in [5, 5.41) is 0. The summed E-state index contributed by atoms with van der Waals surface area (Å²) in [6.45, 7) is 4.13. The third-order valence-corrected chi connectivity index (χ3v) is 3.69. The van der Waals surface area contributed by atoms with Crippen LogP contribution in [0, 0.1) is 13.8 Å². The highest BCUT2D eigenvalue weighted by molar-refractivity contribution is 5.81. The lowest BCUT2D eigenvalue weighted by molar-refractivity contribution is -0.118. The molecule has 2 N–H and O–H groups in total. The summed E-state index contributed by atoms with van der Waals surface area (Å²) in [5.74, 6) is 0.291. The Labute approximate surface area is 120 Å². The second-order valence-electron chi connectivity index (χ2n) is 5.33. The Bertz CT molecular complexity index is 579. The van der Waals surface area contributed by atoms with Crippen LogP contribution in [0.1, 0.15) is 28.7 Å². The van der Waals surface area contributed by atoms with E-state index in [4.69, 9.17) is 5.73 Å². The van der Waals surface area contributed by atoms with Gasteiger partial charge in [0.1, 0.15) is 5.78 Å². The third kappa shape index (κ3) is 3.70. The molecule has 0 saturated heterocycles. The van der Waals surface area contributed by atoms with E-state index in [1.165, 1.54) is 16.7 Å². The van der Waals surface area contributed by atoms with E-state index < -0.39 is 0 Å². The van der Waals surface area contributed by atoms with E-state index in [0.717, 1.165) is 17.7 Å². The number of carbonyl (C=O) groups is 1. The molecule has 2 aromatic rings. The van der Waals surface area contributed by atoms with Crippen LogP contribution < -0.4 is 5.73 Å². The average molecular weight is 267 g/mol. The molecule has 2 rings (SSSR count). The number of benzene rings is 2. The summed E-state index contributed by atoms with van der Waals surface area (Å²) in [5.41, 5.74) is 11.1. The van der Waals surface area contributed by atoms with Crippen molar-refractivity contribution in [3.63, 3.8) is 0 Å². The van der Waals surface area contributed by atoms with Gasteiger partial charge < -0.3 is 5.73 Å². The van der Waals surface area contributed by atoms with Gasteiger partial charge in [0.2, 0.25) is 0 Å². The van der Waals surface area contributed by atoms with E-state index >= 15 is 0 Å². The van der Waals surface area contributed by atoms with Gasteiger partial charge in [0.05, 0.1) is 0 Å². The maximum absolute atomic E-state index is 12.1. The lowest BCUT2D eigenvalue weighted by Crippen LogP contribution is -2.07. The van der Waals surface area contributed by atoms with E-state index in [0.29, 0.717) is 18.6 Å². The smallest absolute Gasteiger partial charge is 0.137 e. The molecule has 0 fully saturated rings. The van der Waals surface area contributed by atoms with Crippen LogP contribution >= 0.6 is 0 Å². The minimum Gasteiger partial charge on any atom is -0.399 e. The zero-order valence-electron chi connectivity index (χ0n) is 12.1. The molecule has 0 spiro atoms. The topological polar surface area (TPSA) is 43.1 Å². The van der Waals surface area contributed by atoms with Crippen LogP contribution in [0.4, 0.5) is 5.69 Å². The number of hydrogen-bond acceptors (Lipinski definition) is 2. The number of aryl methyl sites for hydroxylation is 3. The maximum Gasteiger partial charge on any atom is 0.137 e. The first-order chi connectivity index (χ1) is 9.56. The van der Waals surface area contributed by atoms with Crippen molar-refractivity contribution in [3.8, 4) is 0 Å². The summed E-state index contributed by atoms with van der Waals surface area (Å²) >= 11 is 0. The van der Waals surface area contributed by atoms with Gasteiger partial charge >= 0.3 is 0 Å².